The second kappa shape index (κ2) is 11.6. The SMILES string of the molecule is CCOc1ccc(N([C@H](CC)C(=O)NCCCc2ccccc2OC)S(C)(=O)=O)cc1. The lowest BCUT2D eigenvalue weighted by molar-refractivity contribution is -0.122. The van der Waals surface area contributed by atoms with Crippen LogP contribution in [0.15, 0.2) is 48.5 Å². The lowest BCUT2D eigenvalue weighted by Gasteiger charge is -2.30. The van der Waals surface area contributed by atoms with Crippen LogP contribution in [0, 0.1) is 0 Å². The van der Waals surface area contributed by atoms with Crippen LogP contribution < -0.4 is 19.1 Å². The predicted octanol–water partition coefficient (Wildman–Crippen LogP) is 3.39. The summed E-state index contributed by atoms with van der Waals surface area (Å²) < 4.78 is 37.0. The van der Waals surface area contributed by atoms with Gasteiger partial charge in [0.1, 0.15) is 17.5 Å². The minimum atomic E-state index is -3.67. The lowest BCUT2D eigenvalue weighted by atomic mass is 10.1. The molecule has 0 unspecified atom stereocenters. The number of para-hydroxylation sites is 1. The Labute approximate surface area is 185 Å². The standard InChI is InChI=1S/C23H32N2O5S/c1-5-21(23(26)24-17-9-11-18-10-7-8-12-22(18)29-3)25(31(4,27)28)19-13-15-20(16-14-19)30-6-2/h7-8,10,12-16,21H,5-6,9,11,17H2,1-4H3,(H,24,26)/t21-/m1/s1. The topological polar surface area (TPSA) is 84.9 Å². The van der Waals surface area contributed by atoms with E-state index in [4.69, 9.17) is 9.47 Å². The van der Waals surface area contributed by atoms with Crippen LogP contribution in [0.25, 0.3) is 0 Å². The van der Waals surface area contributed by atoms with Gasteiger partial charge in [-0.2, -0.15) is 0 Å². The molecule has 8 heteroatoms. The Morgan fingerprint density at radius 3 is 2.35 bits per heavy atom. The first-order valence-electron chi connectivity index (χ1n) is 10.4. The zero-order valence-electron chi connectivity index (χ0n) is 18.6. The van der Waals surface area contributed by atoms with Gasteiger partial charge in [-0.3, -0.25) is 9.10 Å². The van der Waals surface area contributed by atoms with Crippen molar-refractivity contribution in [3.63, 3.8) is 0 Å². The number of carbonyl (C=O) groups is 1. The Kier molecular flexibility index (Phi) is 9.18. The summed E-state index contributed by atoms with van der Waals surface area (Å²) in [5.41, 5.74) is 1.50. The summed E-state index contributed by atoms with van der Waals surface area (Å²) in [4.78, 5) is 12.9. The highest BCUT2D eigenvalue weighted by Crippen LogP contribution is 2.25. The van der Waals surface area contributed by atoms with E-state index in [1.54, 1.807) is 38.3 Å². The molecule has 2 rings (SSSR count). The molecule has 0 saturated heterocycles. The molecule has 0 aliphatic carbocycles. The van der Waals surface area contributed by atoms with Gasteiger partial charge in [-0.25, -0.2) is 8.42 Å². The Hall–Kier alpha value is -2.74. The highest BCUT2D eigenvalue weighted by molar-refractivity contribution is 7.92. The largest absolute Gasteiger partial charge is 0.496 e. The predicted molar refractivity (Wildman–Crippen MR) is 123 cm³/mol. The highest BCUT2D eigenvalue weighted by Gasteiger charge is 2.31. The summed E-state index contributed by atoms with van der Waals surface area (Å²) in [5.74, 6) is 1.15. The maximum Gasteiger partial charge on any atom is 0.243 e. The number of hydrogen-bond donors (Lipinski definition) is 1. The third kappa shape index (κ3) is 6.89. The fourth-order valence-electron chi connectivity index (χ4n) is 3.43. The molecule has 0 bridgehead atoms. The van der Waals surface area contributed by atoms with E-state index in [1.165, 1.54) is 4.31 Å². The number of methoxy groups -OCH3 is 1. The molecule has 0 aliphatic heterocycles. The average molecular weight is 449 g/mol. The first-order chi connectivity index (χ1) is 14.8. The van der Waals surface area contributed by atoms with Crippen molar-refractivity contribution in [3.8, 4) is 11.5 Å². The van der Waals surface area contributed by atoms with Crippen LogP contribution in [0.4, 0.5) is 5.69 Å². The highest BCUT2D eigenvalue weighted by atomic mass is 32.2. The Morgan fingerprint density at radius 2 is 1.77 bits per heavy atom. The molecule has 170 valence electrons. The van der Waals surface area contributed by atoms with Crippen LogP contribution in [0.1, 0.15) is 32.3 Å². The van der Waals surface area contributed by atoms with Gasteiger partial charge < -0.3 is 14.8 Å². The minimum Gasteiger partial charge on any atom is -0.496 e. The van der Waals surface area contributed by atoms with E-state index in [0.29, 0.717) is 37.4 Å². The molecule has 0 aromatic heterocycles. The molecule has 0 fully saturated rings. The molecule has 0 saturated carbocycles. The van der Waals surface area contributed by atoms with Crippen molar-refractivity contribution >= 4 is 21.6 Å². The fourth-order valence-corrected chi connectivity index (χ4v) is 4.65. The van der Waals surface area contributed by atoms with Crippen LogP contribution in [-0.2, 0) is 21.2 Å². The molecule has 2 aromatic carbocycles. The third-order valence-corrected chi connectivity index (χ3v) is 6.03. The number of anilines is 1. The van der Waals surface area contributed by atoms with Crippen LogP contribution in [0.3, 0.4) is 0 Å². The van der Waals surface area contributed by atoms with Gasteiger partial charge in [0, 0.05) is 6.54 Å². The summed E-state index contributed by atoms with van der Waals surface area (Å²) in [7, 11) is -2.03. The Bertz CT molecular complexity index is 945. The second-order valence-corrected chi connectivity index (χ2v) is 8.98. The van der Waals surface area contributed by atoms with Crippen LogP contribution in [0.5, 0.6) is 11.5 Å². The molecule has 1 N–H and O–H groups in total. The van der Waals surface area contributed by atoms with Gasteiger partial charge in [0.05, 0.1) is 25.7 Å². The number of nitrogens with zero attached hydrogens (tertiary/aromatic N) is 1. The molecule has 0 radical (unpaired) electrons. The summed E-state index contributed by atoms with van der Waals surface area (Å²) in [6.07, 6.45) is 2.92. The van der Waals surface area contributed by atoms with Crippen LogP contribution in [-0.4, -0.2) is 46.9 Å². The molecule has 0 aliphatic rings. The van der Waals surface area contributed by atoms with E-state index in [-0.39, 0.29) is 5.91 Å². The number of carbonyl (C=O) groups excluding carboxylic acids is 1. The fraction of sp³-hybridized carbons (Fsp3) is 0.435. The second-order valence-electron chi connectivity index (χ2n) is 7.12. The number of hydrogen-bond acceptors (Lipinski definition) is 5. The molecule has 7 nitrogen and oxygen atoms in total. The van der Waals surface area contributed by atoms with Gasteiger partial charge in [0.25, 0.3) is 0 Å². The van der Waals surface area contributed by atoms with Crippen molar-refractivity contribution in [2.45, 2.75) is 39.2 Å². The van der Waals surface area contributed by atoms with E-state index < -0.39 is 16.1 Å². The first kappa shape index (κ1) is 24.5. The number of amides is 1. The van der Waals surface area contributed by atoms with Crippen molar-refractivity contribution in [2.24, 2.45) is 0 Å². The molecule has 1 atom stereocenters. The van der Waals surface area contributed by atoms with Crippen LogP contribution in [0.2, 0.25) is 0 Å². The van der Waals surface area contributed by atoms with E-state index in [0.717, 1.165) is 24.0 Å². The number of nitrogens with one attached hydrogen (secondary N) is 1. The van der Waals surface area contributed by atoms with Gasteiger partial charge in [0.2, 0.25) is 15.9 Å². The maximum absolute atomic E-state index is 12.9. The number of aryl methyl sites for hydroxylation is 1. The molecular formula is C23H32N2O5S. The number of benzene rings is 2. The van der Waals surface area contributed by atoms with Crippen molar-refractivity contribution in [1.82, 2.24) is 5.32 Å². The molecular weight excluding hydrogens is 416 g/mol. The van der Waals surface area contributed by atoms with E-state index in [2.05, 4.69) is 5.32 Å². The van der Waals surface area contributed by atoms with Gasteiger partial charge in [-0.15, -0.1) is 0 Å². The quantitative estimate of drug-likeness (QED) is 0.503. The van der Waals surface area contributed by atoms with Crippen molar-refractivity contribution in [3.05, 3.63) is 54.1 Å². The monoisotopic (exact) mass is 448 g/mol. The van der Waals surface area contributed by atoms with E-state index in [1.807, 2.05) is 31.2 Å². The van der Waals surface area contributed by atoms with Gasteiger partial charge >= 0.3 is 0 Å². The smallest absolute Gasteiger partial charge is 0.243 e. The zero-order valence-corrected chi connectivity index (χ0v) is 19.4. The number of sulfonamides is 1. The summed E-state index contributed by atoms with van der Waals surface area (Å²) in [6.45, 7) is 4.63. The van der Waals surface area contributed by atoms with Crippen molar-refractivity contribution < 1.29 is 22.7 Å². The average Bonchev–Trinajstić information content (AvgIpc) is 2.75. The third-order valence-electron chi connectivity index (χ3n) is 4.85. The summed E-state index contributed by atoms with van der Waals surface area (Å²) in [5, 5.41) is 2.88. The Morgan fingerprint density at radius 1 is 1.10 bits per heavy atom. The molecule has 0 spiro atoms. The minimum absolute atomic E-state index is 0.318. The Balaban J connectivity index is 2.06. The van der Waals surface area contributed by atoms with Gasteiger partial charge in [-0.1, -0.05) is 25.1 Å². The van der Waals surface area contributed by atoms with Gasteiger partial charge in [0.15, 0.2) is 0 Å². The molecule has 2 aromatic rings. The number of ether oxygens (including phenoxy) is 2. The summed E-state index contributed by atoms with van der Waals surface area (Å²) in [6, 6.07) is 13.6. The van der Waals surface area contributed by atoms with E-state index in [9.17, 15) is 13.2 Å². The number of rotatable bonds is 12. The summed E-state index contributed by atoms with van der Waals surface area (Å²) >= 11 is 0. The normalized spacial score (nSPS) is 12.1. The lowest BCUT2D eigenvalue weighted by Crippen LogP contribution is -2.49. The van der Waals surface area contributed by atoms with Crippen LogP contribution >= 0.6 is 0 Å². The van der Waals surface area contributed by atoms with Crippen molar-refractivity contribution in [1.29, 1.82) is 0 Å². The van der Waals surface area contributed by atoms with E-state index >= 15 is 0 Å². The molecule has 1 amide bonds. The molecule has 31 heavy (non-hydrogen) atoms. The van der Waals surface area contributed by atoms with Crippen molar-refractivity contribution in [2.75, 3.05) is 30.8 Å². The first-order valence-corrected chi connectivity index (χ1v) is 12.3. The zero-order chi connectivity index (χ0) is 22.9. The van der Waals surface area contributed by atoms with Gasteiger partial charge in [-0.05, 0) is 62.1 Å². The maximum atomic E-state index is 12.9. The molecule has 0 heterocycles.